The van der Waals surface area contributed by atoms with Crippen LogP contribution >= 0.6 is 0 Å². The number of nitro benzene ring substituents is 1. The molecule has 0 radical (unpaired) electrons. The molecule has 2 fully saturated rings. The summed E-state index contributed by atoms with van der Waals surface area (Å²) in [6.45, 7) is 0. The topological polar surface area (TPSA) is 154 Å². The van der Waals surface area contributed by atoms with Gasteiger partial charge in [0.25, 0.3) is 5.69 Å². The Morgan fingerprint density at radius 2 is 2.00 bits per heavy atom. The number of hydrazone groups is 1. The first-order valence-electron chi connectivity index (χ1n) is 10.3. The number of carboxylic acid groups (broad SMARTS) is 1. The average Bonchev–Trinajstić information content (AvgIpc) is 3.23. The van der Waals surface area contributed by atoms with Crippen molar-refractivity contribution in [3.8, 4) is 0 Å². The highest BCUT2D eigenvalue weighted by atomic mass is 16.6. The lowest BCUT2D eigenvalue weighted by Crippen LogP contribution is -2.27. The Morgan fingerprint density at radius 3 is 2.68 bits per heavy atom. The van der Waals surface area contributed by atoms with E-state index in [1.54, 1.807) is 6.21 Å². The second kappa shape index (κ2) is 10.2. The molecular weight excluding hydrogens is 404 g/mol. The van der Waals surface area contributed by atoms with Gasteiger partial charge in [-0.25, -0.2) is 10.2 Å². The van der Waals surface area contributed by atoms with E-state index in [1.165, 1.54) is 29.8 Å². The van der Waals surface area contributed by atoms with Gasteiger partial charge in [-0.1, -0.05) is 11.6 Å². The van der Waals surface area contributed by atoms with Crippen LogP contribution in [0.5, 0.6) is 0 Å². The summed E-state index contributed by atoms with van der Waals surface area (Å²) < 4.78 is 0. The van der Waals surface area contributed by atoms with Crippen molar-refractivity contribution in [2.45, 2.75) is 44.6 Å². The van der Waals surface area contributed by atoms with Gasteiger partial charge in [0.05, 0.1) is 11.0 Å². The Labute approximate surface area is 179 Å². The highest BCUT2D eigenvalue weighted by molar-refractivity contribution is 5.89. The highest BCUT2D eigenvalue weighted by Gasteiger charge is 2.45. The summed E-state index contributed by atoms with van der Waals surface area (Å²) >= 11 is 0. The van der Waals surface area contributed by atoms with E-state index >= 15 is 0 Å². The van der Waals surface area contributed by atoms with Crippen LogP contribution < -0.4 is 10.7 Å². The van der Waals surface area contributed by atoms with E-state index in [2.05, 4.69) is 21.9 Å². The number of non-ortho nitro benzene ring substituents is 1. The van der Waals surface area contributed by atoms with E-state index in [0.29, 0.717) is 24.4 Å². The molecule has 2 saturated carbocycles. The zero-order valence-corrected chi connectivity index (χ0v) is 16.9. The van der Waals surface area contributed by atoms with Crippen LogP contribution in [0.3, 0.4) is 0 Å². The number of amides is 2. The maximum absolute atomic E-state index is 12.0. The Morgan fingerprint density at radius 1 is 1.26 bits per heavy atom. The zero-order valence-electron chi connectivity index (χ0n) is 16.9. The number of urea groups is 1. The number of nitrogens with one attached hydrogen (secondary N) is 2. The molecule has 10 nitrogen and oxygen atoms in total. The fourth-order valence-corrected chi connectivity index (χ4v) is 4.45. The number of carbonyl (C=O) groups excluding carboxylic acids is 1. The summed E-state index contributed by atoms with van der Waals surface area (Å²) in [5, 5.41) is 36.3. The second-order valence-electron chi connectivity index (χ2n) is 8.01. The van der Waals surface area contributed by atoms with Crippen molar-refractivity contribution in [3.63, 3.8) is 0 Å². The van der Waals surface area contributed by atoms with E-state index < -0.39 is 23.0 Å². The van der Waals surface area contributed by atoms with E-state index in [0.717, 1.165) is 19.3 Å². The fourth-order valence-electron chi connectivity index (χ4n) is 4.45. The molecule has 2 aliphatic carbocycles. The summed E-state index contributed by atoms with van der Waals surface area (Å²) in [7, 11) is 0. The van der Waals surface area contributed by atoms with Gasteiger partial charge in [-0.15, -0.1) is 0 Å². The van der Waals surface area contributed by atoms with Gasteiger partial charge >= 0.3 is 12.0 Å². The van der Waals surface area contributed by atoms with Crippen LogP contribution in [0.1, 0.15) is 38.5 Å². The summed E-state index contributed by atoms with van der Waals surface area (Å²) in [6.07, 6.45) is 7.17. The van der Waals surface area contributed by atoms with Gasteiger partial charge in [0, 0.05) is 36.4 Å². The van der Waals surface area contributed by atoms with Gasteiger partial charge in [-0.3, -0.25) is 14.9 Å². The predicted molar refractivity (Wildman–Crippen MR) is 114 cm³/mol. The molecule has 4 atom stereocenters. The van der Waals surface area contributed by atoms with Crippen LogP contribution in [-0.2, 0) is 4.79 Å². The number of anilines is 1. The molecule has 0 saturated heterocycles. The van der Waals surface area contributed by atoms with Crippen molar-refractivity contribution in [3.05, 3.63) is 46.0 Å². The van der Waals surface area contributed by atoms with Gasteiger partial charge in [0.1, 0.15) is 0 Å². The Bertz CT molecular complexity index is 882. The number of fused-ring (bicyclic) bond motifs is 1. The number of aliphatic hydroxyl groups is 1. The van der Waals surface area contributed by atoms with Crippen molar-refractivity contribution in [1.82, 2.24) is 5.43 Å². The minimum absolute atomic E-state index is 0.0689. The van der Waals surface area contributed by atoms with Crippen LogP contribution in [0.2, 0.25) is 0 Å². The first-order chi connectivity index (χ1) is 14.8. The van der Waals surface area contributed by atoms with Gasteiger partial charge in [0.15, 0.2) is 0 Å². The van der Waals surface area contributed by atoms with E-state index in [4.69, 9.17) is 5.11 Å². The number of nitro groups is 1. The van der Waals surface area contributed by atoms with Crippen molar-refractivity contribution in [1.29, 1.82) is 0 Å². The first-order valence-corrected chi connectivity index (χ1v) is 10.3. The third-order valence-electron chi connectivity index (χ3n) is 5.89. The maximum atomic E-state index is 12.0. The second-order valence-corrected chi connectivity index (χ2v) is 8.01. The molecule has 166 valence electrons. The molecule has 0 aliphatic heterocycles. The summed E-state index contributed by atoms with van der Waals surface area (Å²) in [6, 6.07) is 4.85. The van der Waals surface area contributed by atoms with Crippen molar-refractivity contribution < 1.29 is 24.7 Å². The number of nitrogens with zero attached hydrogens (tertiary/aromatic N) is 2. The molecular formula is C21H26N4O6. The van der Waals surface area contributed by atoms with E-state index in [-0.39, 0.29) is 23.9 Å². The van der Waals surface area contributed by atoms with Gasteiger partial charge in [-0.2, -0.15) is 5.10 Å². The lowest BCUT2D eigenvalue weighted by atomic mass is 9.92. The van der Waals surface area contributed by atoms with Crippen LogP contribution in [0.4, 0.5) is 16.2 Å². The summed E-state index contributed by atoms with van der Waals surface area (Å²) in [5.41, 5.74) is 3.99. The molecule has 4 N–H and O–H groups in total. The Kier molecular flexibility index (Phi) is 7.35. The third-order valence-corrected chi connectivity index (χ3v) is 5.89. The molecule has 3 rings (SSSR count). The van der Waals surface area contributed by atoms with Crippen LogP contribution in [0.25, 0.3) is 0 Å². The number of unbranched alkanes of at least 4 members (excludes halogenated alkanes) is 1. The standard InChI is InChI=1S/C21H26N4O6/c26-19-11-14-9-13(3-1-2-4-20(27)28)10-17(14)18(19)12-22-24-21(29)23-15-5-7-16(8-6-15)25(30)31/h3,5-8,12,14,17-19,26H,1-2,4,9-11H2,(H,27,28)(H2,23,24,29)/b13-3-,22-12+. The molecule has 0 spiro atoms. The lowest BCUT2D eigenvalue weighted by molar-refractivity contribution is -0.384. The molecule has 1 aromatic carbocycles. The van der Waals surface area contributed by atoms with Crippen LogP contribution in [0, 0.1) is 27.9 Å². The number of hydrogen-bond acceptors (Lipinski definition) is 6. The molecule has 1 aromatic rings. The van der Waals surface area contributed by atoms with Gasteiger partial charge in [-0.05, 0) is 56.1 Å². The monoisotopic (exact) mass is 430 g/mol. The Hall–Kier alpha value is -3.27. The molecule has 0 heterocycles. The number of benzene rings is 1. The van der Waals surface area contributed by atoms with Crippen molar-refractivity contribution in [2.75, 3.05) is 5.32 Å². The third kappa shape index (κ3) is 6.11. The minimum Gasteiger partial charge on any atom is -0.481 e. The Balaban J connectivity index is 1.48. The molecule has 10 heteroatoms. The number of carbonyl (C=O) groups is 2. The number of hydrogen-bond donors (Lipinski definition) is 4. The van der Waals surface area contributed by atoms with Crippen LogP contribution in [-0.4, -0.2) is 39.5 Å². The van der Waals surface area contributed by atoms with Gasteiger partial charge in [0.2, 0.25) is 0 Å². The number of allylic oxidation sites excluding steroid dienone is 2. The molecule has 4 unspecified atom stereocenters. The predicted octanol–water partition coefficient (Wildman–Crippen LogP) is 3.29. The normalized spacial score (nSPS) is 26.2. The smallest absolute Gasteiger partial charge is 0.339 e. The highest BCUT2D eigenvalue weighted by Crippen LogP contribution is 2.49. The molecule has 2 amide bonds. The van der Waals surface area contributed by atoms with Gasteiger partial charge < -0.3 is 15.5 Å². The lowest BCUT2D eigenvalue weighted by Gasteiger charge is -2.16. The average molecular weight is 430 g/mol. The molecule has 0 bridgehead atoms. The van der Waals surface area contributed by atoms with Crippen molar-refractivity contribution >= 4 is 29.6 Å². The van der Waals surface area contributed by atoms with E-state index in [1.807, 2.05) is 0 Å². The number of carboxylic acids is 1. The maximum Gasteiger partial charge on any atom is 0.339 e. The molecule has 0 aromatic heterocycles. The largest absolute Gasteiger partial charge is 0.481 e. The quantitative estimate of drug-likeness (QED) is 0.163. The van der Waals surface area contributed by atoms with E-state index in [9.17, 15) is 24.8 Å². The molecule has 31 heavy (non-hydrogen) atoms. The molecule has 2 aliphatic rings. The number of aliphatic hydroxyl groups excluding tert-OH is 1. The summed E-state index contributed by atoms with van der Waals surface area (Å²) in [5.74, 6) is -0.323. The zero-order chi connectivity index (χ0) is 22.4. The number of rotatable bonds is 8. The van der Waals surface area contributed by atoms with Crippen LogP contribution in [0.15, 0.2) is 41.0 Å². The fraction of sp³-hybridized carbons (Fsp3) is 0.476. The SMILES string of the molecule is O=C(O)CCC/C=C1/CC2CC(O)C(/C=N/NC(=O)Nc3ccc([N+](=O)[O-])cc3)C2C1. The van der Waals surface area contributed by atoms with Crippen molar-refractivity contribution in [2.24, 2.45) is 22.9 Å². The number of aliphatic carboxylic acids is 1. The first kappa shape index (κ1) is 22.4. The minimum atomic E-state index is -0.786. The summed E-state index contributed by atoms with van der Waals surface area (Å²) in [4.78, 5) is 32.7.